The number of fused-ring (bicyclic) bond motifs is 4. The Morgan fingerprint density at radius 1 is 0.680 bits per heavy atom. The number of anilines is 2. The van der Waals surface area contributed by atoms with Gasteiger partial charge in [0.1, 0.15) is 0 Å². The Labute approximate surface area is 158 Å². The van der Waals surface area contributed by atoms with Crippen LogP contribution in [0.3, 0.4) is 0 Å². The molecule has 0 N–H and O–H groups in total. The minimum atomic E-state index is 0.859. The highest BCUT2D eigenvalue weighted by Gasteiger charge is 2.33. The molecule has 0 spiro atoms. The first kappa shape index (κ1) is 14.8. The molecule has 2 nitrogen and oxygen atoms in total. The molecule has 4 bridgehead atoms. The van der Waals surface area contributed by atoms with Crippen LogP contribution < -0.4 is 9.80 Å². The summed E-state index contributed by atoms with van der Waals surface area (Å²) in [5.74, 6) is 0. The summed E-state index contributed by atoms with van der Waals surface area (Å²) in [7, 11) is 0. The smallest absolute Gasteiger partial charge is 0.0494 e. The third-order valence-electron chi connectivity index (χ3n) is 6.17. The molecule has 6 rings (SSSR count). The van der Waals surface area contributed by atoms with Gasteiger partial charge >= 0.3 is 0 Å². The van der Waals surface area contributed by atoms with Crippen LogP contribution in [0.15, 0.2) is 12.1 Å². The minimum Gasteiger partial charge on any atom is -0.367 e. The lowest BCUT2D eigenvalue weighted by Gasteiger charge is -2.16. The Kier molecular flexibility index (Phi) is 3.00. The molecule has 2 aliphatic carbocycles. The van der Waals surface area contributed by atoms with Crippen molar-refractivity contribution in [2.45, 2.75) is 32.1 Å². The summed E-state index contributed by atoms with van der Waals surface area (Å²) in [5, 5.41) is 1.97. The third-order valence-corrected chi connectivity index (χ3v) is 7.11. The molecule has 2 heterocycles. The summed E-state index contributed by atoms with van der Waals surface area (Å²) in [5.41, 5.74) is 11.1. The number of halogens is 2. The quantitative estimate of drug-likeness (QED) is 0.734. The van der Waals surface area contributed by atoms with Gasteiger partial charge in [-0.15, -0.1) is 0 Å². The fourth-order valence-electron chi connectivity index (χ4n) is 4.82. The highest BCUT2D eigenvalue weighted by Crippen LogP contribution is 2.46. The Morgan fingerprint density at radius 2 is 1.12 bits per heavy atom. The van der Waals surface area contributed by atoms with E-state index in [4.69, 9.17) is 23.2 Å². The third kappa shape index (κ3) is 2.17. The van der Waals surface area contributed by atoms with Crippen molar-refractivity contribution in [1.82, 2.24) is 0 Å². The van der Waals surface area contributed by atoms with E-state index >= 15 is 0 Å². The molecule has 2 aliphatic heterocycles. The highest BCUT2D eigenvalue weighted by molar-refractivity contribution is 6.33. The highest BCUT2D eigenvalue weighted by atomic mass is 35.5. The summed E-state index contributed by atoms with van der Waals surface area (Å²) >= 11 is 13.7. The lowest BCUT2D eigenvalue weighted by atomic mass is 9.99. The zero-order chi connectivity index (χ0) is 16.7. The van der Waals surface area contributed by atoms with E-state index in [2.05, 4.69) is 21.9 Å². The van der Waals surface area contributed by atoms with Gasteiger partial charge in [0.2, 0.25) is 0 Å². The molecule has 0 amide bonds. The second-order valence-electron chi connectivity index (χ2n) is 7.82. The molecule has 2 fully saturated rings. The van der Waals surface area contributed by atoms with Gasteiger partial charge in [0.25, 0.3) is 0 Å². The molecular formula is C21H20Cl2N2. The van der Waals surface area contributed by atoms with E-state index in [0.29, 0.717) is 0 Å². The lowest BCUT2D eigenvalue weighted by molar-refractivity contribution is 1.03. The van der Waals surface area contributed by atoms with Gasteiger partial charge in [-0.3, -0.25) is 0 Å². The molecule has 0 unspecified atom stereocenters. The minimum absolute atomic E-state index is 0.859. The molecule has 0 atom stereocenters. The summed E-state index contributed by atoms with van der Waals surface area (Å²) in [4.78, 5) is 4.90. The maximum absolute atomic E-state index is 6.83. The molecule has 4 heteroatoms. The molecule has 2 aromatic rings. The SMILES string of the molecule is Clc1c(Cc2cc3c(N4CC4)c(c2Cl)CC3)cc2c(N3CC3)c1CC2. The van der Waals surface area contributed by atoms with E-state index < -0.39 is 0 Å². The van der Waals surface area contributed by atoms with Crippen molar-refractivity contribution in [3.63, 3.8) is 0 Å². The van der Waals surface area contributed by atoms with Gasteiger partial charge in [-0.1, -0.05) is 35.3 Å². The van der Waals surface area contributed by atoms with Crippen molar-refractivity contribution < 1.29 is 0 Å². The van der Waals surface area contributed by atoms with E-state index in [0.717, 1.165) is 42.1 Å². The van der Waals surface area contributed by atoms with Crippen LogP contribution in [0, 0.1) is 0 Å². The number of hydrogen-bond donors (Lipinski definition) is 0. The second-order valence-corrected chi connectivity index (χ2v) is 8.58. The molecule has 0 aromatic heterocycles. The van der Waals surface area contributed by atoms with Crippen LogP contribution in [0.1, 0.15) is 33.4 Å². The zero-order valence-corrected chi connectivity index (χ0v) is 15.7. The van der Waals surface area contributed by atoms with Gasteiger partial charge in [-0.25, -0.2) is 0 Å². The van der Waals surface area contributed by atoms with Gasteiger partial charge in [-0.2, -0.15) is 0 Å². The number of hydrogen-bond acceptors (Lipinski definition) is 2. The van der Waals surface area contributed by atoms with Gasteiger partial charge < -0.3 is 9.80 Å². The molecule has 25 heavy (non-hydrogen) atoms. The Morgan fingerprint density at radius 3 is 1.52 bits per heavy atom. The lowest BCUT2D eigenvalue weighted by Crippen LogP contribution is -2.01. The first-order valence-corrected chi connectivity index (χ1v) is 10.1. The first-order chi connectivity index (χ1) is 12.2. The summed E-state index contributed by atoms with van der Waals surface area (Å²) in [6, 6.07) is 4.69. The number of aryl methyl sites for hydroxylation is 2. The van der Waals surface area contributed by atoms with E-state index in [1.54, 1.807) is 0 Å². The van der Waals surface area contributed by atoms with Crippen LogP contribution in [0.4, 0.5) is 11.4 Å². The van der Waals surface area contributed by atoms with Gasteiger partial charge in [0.15, 0.2) is 0 Å². The fraction of sp³-hybridized carbons (Fsp3) is 0.429. The molecular weight excluding hydrogens is 351 g/mol. The number of rotatable bonds is 4. The summed E-state index contributed by atoms with van der Waals surface area (Å²) < 4.78 is 0. The fourth-order valence-corrected chi connectivity index (χ4v) is 5.43. The molecule has 4 aliphatic rings. The van der Waals surface area contributed by atoms with Crippen LogP contribution in [-0.2, 0) is 32.1 Å². The average Bonchev–Trinajstić information content (AvgIpc) is 3.53. The predicted octanol–water partition coefficient (Wildman–Crippen LogP) is 4.42. The Balaban J connectivity index is 1.41. The van der Waals surface area contributed by atoms with Gasteiger partial charge in [-0.05, 0) is 59.1 Å². The standard InChI is InChI=1S/C21H20Cl2N2/c22-18-14(9-12-1-3-16(18)20(12)24-5-6-24)11-15-10-13-2-4-17(19(15)23)21(13)25-7-8-25/h9-10H,1-8,11H2. The van der Waals surface area contributed by atoms with Crippen molar-refractivity contribution in [3.05, 3.63) is 55.6 Å². The van der Waals surface area contributed by atoms with Crippen LogP contribution in [0.2, 0.25) is 10.0 Å². The van der Waals surface area contributed by atoms with Crippen LogP contribution >= 0.6 is 23.2 Å². The maximum Gasteiger partial charge on any atom is 0.0494 e. The first-order valence-electron chi connectivity index (χ1n) is 9.37. The van der Waals surface area contributed by atoms with Gasteiger partial charge in [0, 0.05) is 54.0 Å². The van der Waals surface area contributed by atoms with Crippen molar-refractivity contribution >= 4 is 34.6 Å². The molecule has 2 saturated heterocycles. The maximum atomic E-state index is 6.83. The van der Waals surface area contributed by atoms with Crippen molar-refractivity contribution in [2.24, 2.45) is 0 Å². The molecule has 128 valence electrons. The Hall–Kier alpha value is -1.38. The summed E-state index contributed by atoms with van der Waals surface area (Å²) in [6.07, 6.45) is 5.33. The molecule has 0 saturated carbocycles. The molecule has 0 radical (unpaired) electrons. The average molecular weight is 371 g/mol. The van der Waals surface area contributed by atoms with E-state index in [9.17, 15) is 0 Å². The number of benzene rings is 2. The Bertz CT molecular complexity index is 851. The predicted molar refractivity (Wildman–Crippen MR) is 105 cm³/mol. The van der Waals surface area contributed by atoms with E-state index in [-0.39, 0.29) is 0 Å². The molecule has 2 aromatic carbocycles. The van der Waals surface area contributed by atoms with E-state index in [1.165, 1.54) is 70.9 Å². The van der Waals surface area contributed by atoms with Crippen LogP contribution in [-0.4, -0.2) is 26.2 Å². The largest absolute Gasteiger partial charge is 0.367 e. The van der Waals surface area contributed by atoms with Gasteiger partial charge in [0.05, 0.1) is 0 Å². The van der Waals surface area contributed by atoms with Crippen LogP contribution in [0.5, 0.6) is 0 Å². The van der Waals surface area contributed by atoms with Crippen molar-refractivity contribution in [3.8, 4) is 0 Å². The topological polar surface area (TPSA) is 6.02 Å². The van der Waals surface area contributed by atoms with Crippen molar-refractivity contribution in [2.75, 3.05) is 36.0 Å². The van der Waals surface area contributed by atoms with E-state index in [1.807, 2.05) is 0 Å². The normalized spacial score (nSPS) is 19.1. The second kappa shape index (κ2) is 5.08. The zero-order valence-electron chi connectivity index (χ0n) is 14.2. The van der Waals surface area contributed by atoms with Crippen LogP contribution in [0.25, 0.3) is 0 Å². The van der Waals surface area contributed by atoms with Crippen molar-refractivity contribution in [1.29, 1.82) is 0 Å². The number of nitrogens with zero attached hydrogens (tertiary/aromatic N) is 2. The summed E-state index contributed by atoms with van der Waals surface area (Å²) in [6.45, 7) is 4.75. The monoisotopic (exact) mass is 370 g/mol.